The van der Waals surface area contributed by atoms with Gasteiger partial charge in [-0.15, -0.1) is 0 Å². The Labute approximate surface area is 124 Å². The maximum atomic E-state index is 10.3. The molecule has 0 radical (unpaired) electrons. The first-order valence-electron chi connectivity index (χ1n) is 8.36. The SMILES string of the molecule is CCCCCCCCCCN.O=C(O)C1CCCNC1. The second-order valence-electron chi connectivity index (χ2n) is 5.65. The Morgan fingerprint density at radius 3 is 2.15 bits per heavy atom. The first-order valence-corrected chi connectivity index (χ1v) is 8.36. The van der Waals surface area contributed by atoms with E-state index in [0.717, 1.165) is 25.9 Å². The number of piperidine rings is 1. The summed E-state index contributed by atoms with van der Waals surface area (Å²) in [4.78, 5) is 10.3. The van der Waals surface area contributed by atoms with Crippen molar-refractivity contribution < 1.29 is 9.90 Å². The number of carboxylic acids is 1. The minimum atomic E-state index is -0.665. The fourth-order valence-electron chi connectivity index (χ4n) is 2.34. The van der Waals surface area contributed by atoms with Crippen LogP contribution in [0.15, 0.2) is 0 Å². The minimum Gasteiger partial charge on any atom is -0.481 e. The minimum absolute atomic E-state index is 0.140. The zero-order valence-corrected chi connectivity index (χ0v) is 13.2. The van der Waals surface area contributed by atoms with Gasteiger partial charge >= 0.3 is 5.97 Å². The van der Waals surface area contributed by atoms with Gasteiger partial charge in [-0.25, -0.2) is 0 Å². The summed E-state index contributed by atoms with van der Waals surface area (Å²) in [5.41, 5.74) is 5.39. The van der Waals surface area contributed by atoms with Crippen molar-refractivity contribution in [2.75, 3.05) is 19.6 Å². The first-order chi connectivity index (χ1) is 9.72. The molecule has 1 heterocycles. The van der Waals surface area contributed by atoms with Gasteiger partial charge in [0.25, 0.3) is 0 Å². The number of nitrogens with one attached hydrogen (secondary N) is 1. The third-order valence-electron chi connectivity index (χ3n) is 3.70. The average molecular weight is 286 g/mol. The van der Waals surface area contributed by atoms with Crippen LogP contribution in [0.5, 0.6) is 0 Å². The number of nitrogens with two attached hydrogens (primary N) is 1. The molecule has 4 N–H and O–H groups in total. The van der Waals surface area contributed by atoms with Crippen LogP contribution in [-0.2, 0) is 4.79 Å². The van der Waals surface area contributed by atoms with E-state index >= 15 is 0 Å². The van der Waals surface area contributed by atoms with Crippen LogP contribution in [0, 0.1) is 5.92 Å². The highest BCUT2D eigenvalue weighted by Gasteiger charge is 2.18. The molecule has 0 spiro atoms. The number of carboxylic acid groups (broad SMARTS) is 1. The van der Waals surface area contributed by atoms with Gasteiger partial charge in [0.2, 0.25) is 0 Å². The summed E-state index contributed by atoms with van der Waals surface area (Å²) in [6.45, 7) is 4.75. The molecule has 1 saturated heterocycles. The van der Waals surface area contributed by atoms with Crippen LogP contribution in [0.3, 0.4) is 0 Å². The maximum absolute atomic E-state index is 10.3. The Morgan fingerprint density at radius 2 is 1.75 bits per heavy atom. The molecule has 0 saturated carbocycles. The van der Waals surface area contributed by atoms with Crippen LogP contribution >= 0.6 is 0 Å². The highest BCUT2D eigenvalue weighted by molar-refractivity contribution is 5.70. The quantitative estimate of drug-likeness (QED) is 0.569. The molecule has 0 aromatic heterocycles. The predicted molar refractivity (Wildman–Crippen MR) is 84.9 cm³/mol. The largest absolute Gasteiger partial charge is 0.481 e. The van der Waals surface area contributed by atoms with Crippen LogP contribution in [0.4, 0.5) is 0 Å². The van der Waals surface area contributed by atoms with Crippen molar-refractivity contribution >= 4 is 5.97 Å². The smallest absolute Gasteiger partial charge is 0.307 e. The Morgan fingerprint density at radius 1 is 1.15 bits per heavy atom. The van der Waals surface area contributed by atoms with Crippen molar-refractivity contribution in [1.29, 1.82) is 0 Å². The van der Waals surface area contributed by atoms with E-state index in [2.05, 4.69) is 12.2 Å². The monoisotopic (exact) mass is 286 g/mol. The van der Waals surface area contributed by atoms with E-state index in [0.29, 0.717) is 6.54 Å². The van der Waals surface area contributed by atoms with Gasteiger partial charge in [-0.2, -0.15) is 0 Å². The lowest BCUT2D eigenvalue weighted by atomic mass is 10.0. The number of hydrogen-bond donors (Lipinski definition) is 3. The maximum Gasteiger partial charge on any atom is 0.307 e. The van der Waals surface area contributed by atoms with Crippen molar-refractivity contribution in [2.45, 2.75) is 71.1 Å². The van der Waals surface area contributed by atoms with Gasteiger partial charge in [0.05, 0.1) is 5.92 Å². The Bertz CT molecular complexity index is 209. The molecule has 0 bridgehead atoms. The fraction of sp³-hybridized carbons (Fsp3) is 0.938. The molecule has 0 aromatic rings. The highest BCUT2D eigenvalue weighted by Crippen LogP contribution is 2.09. The molecule has 1 unspecified atom stereocenters. The lowest BCUT2D eigenvalue weighted by Gasteiger charge is -2.18. The zero-order valence-electron chi connectivity index (χ0n) is 13.2. The van der Waals surface area contributed by atoms with E-state index in [9.17, 15) is 4.79 Å². The first kappa shape index (κ1) is 19.4. The lowest BCUT2D eigenvalue weighted by Crippen LogP contribution is -2.34. The summed E-state index contributed by atoms with van der Waals surface area (Å²) in [6, 6.07) is 0. The highest BCUT2D eigenvalue weighted by atomic mass is 16.4. The molecular weight excluding hydrogens is 252 g/mol. The number of hydrogen-bond acceptors (Lipinski definition) is 3. The van der Waals surface area contributed by atoms with Crippen LogP contribution in [0.2, 0.25) is 0 Å². The molecule has 1 fully saturated rings. The third kappa shape index (κ3) is 12.4. The Kier molecular flexibility index (Phi) is 14.3. The van der Waals surface area contributed by atoms with Crippen molar-refractivity contribution in [1.82, 2.24) is 5.32 Å². The molecule has 1 atom stereocenters. The lowest BCUT2D eigenvalue weighted by molar-refractivity contribution is -0.142. The standard InChI is InChI=1S/C10H23N.C6H11NO2/c1-2-3-4-5-6-7-8-9-10-11;8-6(9)5-2-1-3-7-4-5/h2-11H2,1H3;5,7H,1-4H2,(H,8,9). The van der Waals surface area contributed by atoms with Crippen molar-refractivity contribution in [3.05, 3.63) is 0 Å². The van der Waals surface area contributed by atoms with Crippen molar-refractivity contribution in [3.63, 3.8) is 0 Å². The zero-order chi connectivity index (χ0) is 15.1. The fourth-order valence-corrected chi connectivity index (χ4v) is 2.34. The molecule has 0 aliphatic carbocycles. The second kappa shape index (κ2) is 14.8. The number of unbranched alkanes of at least 4 members (excludes halogenated alkanes) is 7. The van der Waals surface area contributed by atoms with Gasteiger partial charge in [-0.1, -0.05) is 51.9 Å². The van der Waals surface area contributed by atoms with Crippen molar-refractivity contribution in [3.8, 4) is 0 Å². The van der Waals surface area contributed by atoms with Crippen LogP contribution < -0.4 is 11.1 Å². The normalized spacial score (nSPS) is 18.2. The van der Waals surface area contributed by atoms with Gasteiger partial charge in [-0.05, 0) is 32.4 Å². The molecule has 4 heteroatoms. The summed E-state index contributed by atoms with van der Waals surface area (Å²) >= 11 is 0. The summed E-state index contributed by atoms with van der Waals surface area (Å²) < 4.78 is 0. The topological polar surface area (TPSA) is 75.4 Å². The van der Waals surface area contributed by atoms with Gasteiger partial charge < -0.3 is 16.2 Å². The van der Waals surface area contributed by atoms with E-state index < -0.39 is 5.97 Å². The summed E-state index contributed by atoms with van der Waals surface area (Å²) in [5, 5.41) is 11.5. The van der Waals surface area contributed by atoms with E-state index in [1.54, 1.807) is 0 Å². The number of carbonyl (C=O) groups is 1. The third-order valence-corrected chi connectivity index (χ3v) is 3.70. The molecule has 1 aliphatic heterocycles. The summed E-state index contributed by atoms with van der Waals surface area (Å²) in [5.74, 6) is -0.805. The molecule has 1 rings (SSSR count). The predicted octanol–water partition coefficient (Wildman–Crippen LogP) is 3.16. The molecule has 1 aliphatic rings. The van der Waals surface area contributed by atoms with Gasteiger partial charge in [-0.3, -0.25) is 4.79 Å². The molecule has 0 amide bonds. The number of aliphatic carboxylic acids is 1. The van der Waals surface area contributed by atoms with Gasteiger partial charge in [0, 0.05) is 6.54 Å². The Balaban J connectivity index is 0.000000367. The van der Waals surface area contributed by atoms with Gasteiger partial charge in [0.15, 0.2) is 0 Å². The molecule has 120 valence electrons. The summed E-state index contributed by atoms with van der Waals surface area (Å²) in [7, 11) is 0. The van der Waals surface area contributed by atoms with E-state index in [1.165, 1.54) is 51.4 Å². The van der Waals surface area contributed by atoms with Crippen LogP contribution in [0.25, 0.3) is 0 Å². The second-order valence-corrected chi connectivity index (χ2v) is 5.65. The average Bonchev–Trinajstić information content (AvgIpc) is 2.48. The van der Waals surface area contributed by atoms with Gasteiger partial charge in [0.1, 0.15) is 0 Å². The van der Waals surface area contributed by atoms with Crippen LogP contribution in [0.1, 0.15) is 71.1 Å². The van der Waals surface area contributed by atoms with Crippen molar-refractivity contribution in [2.24, 2.45) is 11.7 Å². The Hall–Kier alpha value is -0.610. The molecule has 4 nitrogen and oxygen atoms in total. The number of rotatable bonds is 9. The molecular formula is C16H34N2O2. The molecule has 20 heavy (non-hydrogen) atoms. The molecule has 0 aromatic carbocycles. The van der Waals surface area contributed by atoms with E-state index in [1.807, 2.05) is 0 Å². The summed E-state index contributed by atoms with van der Waals surface area (Å²) in [6.07, 6.45) is 12.8. The van der Waals surface area contributed by atoms with E-state index in [-0.39, 0.29) is 5.92 Å². The van der Waals surface area contributed by atoms with Crippen LogP contribution in [-0.4, -0.2) is 30.7 Å². The van der Waals surface area contributed by atoms with E-state index in [4.69, 9.17) is 10.8 Å².